The zero-order chi connectivity index (χ0) is 13.8. The summed E-state index contributed by atoms with van der Waals surface area (Å²) in [5, 5.41) is 32.1. The minimum atomic E-state index is -0.859. The van der Waals surface area contributed by atoms with Gasteiger partial charge in [0.1, 0.15) is 5.69 Å². The average molecular weight is 255 g/mol. The second-order valence-electron chi connectivity index (χ2n) is 4.11. The van der Waals surface area contributed by atoms with Crippen molar-refractivity contribution in [1.29, 1.82) is 0 Å². The molecule has 0 heterocycles. The molecule has 1 rings (SSSR count). The highest BCUT2D eigenvalue weighted by atomic mass is 16.6. The van der Waals surface area contributed by atoms with Crippen LogP contribution in [0.25, 0.3) is 0 Å². The molecule has 0 aliphatic carbocycles. The SMILES string of the molecule is CCC(CO)(CO)Nc1ccc([N+](=O)[O-])c(N)c1. The number of nitrogens with two attached hydrogens (primary N) is 1. The Hall–Kier alpha value is -1.86. The van der Waals surface area contributed by atoms with Crippen molar-refractivity contribution in [3.63, 3.8) is 0 Å². The molecule has 0 saturated carbocycles. The summed E-state index contributed by atoms with van der Waals surface area (Å²) in [7, 11) is 0. The predicted octanol–water partition coefficient (Wildman–Crippen LogP) is 0.722. The van der Waals surface area contributed by atoms with Gasteiger partial charge >= 0.3 is 0 Å². The summed E-state index contributed by atoms with van der Waals surface area (Å²) in [6.07, 6.45) is 0.497. The minimum Gasteiger partial charge on any atom is -0.394 e. The summed E-state index contributed by atoms with van der Waals surface area (Å²) >= 11 is 0. The second kappa shape index (κ2) is 5.65. The lowest BCUT2D eigenvalue weighted by Crippen LogP contribution is -2.45. The molecular weight excluding hydrogens is 238 g/mol. The topological polar surface area (TPSA) is 122 Å². The fourth-order valence-electron chi connectivity index (χ4n) is 1.55. The third-order valence-electron chi connectivity index (χ3n) is 2.92. The monoisotopic (exact) mass is 255 g/mol. The van der Waals surface area contributed by atoms with E-state index in [1.54, 1.807) is 0 Å². The second-order valence-corrected chi connectivity index (χ2v) is 4.11. The Morgan fingerprint density at radius 1 is 1.44 bits per heavy atom. The molecule has 0 unspecified atom stereocenters. The quantitative estimate of drug-likeness (QED) is 0.337. The maximum atomic E-state index is 10.6. The van der Waals surface area contributed by atoms with E-state index in [-0.39, 0.29) is 24.6 Å². The number of anilines is 2. The van der Waals surface area contributed by atoms with Gasteiger partial charge in [0.05, 0.1) is 23.7 Å². The molecule has 1 aromatic rings. The van der Waals surface area contributed by atoms with Crippen LogP contribution in [0, 0.1) is 10.1 Å². The molecule has 0 bridgehead atoms. The predicted molar refractivity (Wildman–Crippen MR) is 68.3 cm³/mol. The molecule has 0 fully saturated rings. The molecule has 0 amide bonds. The Morgan fingerprint density at radius 3 is 2.44 bits per heavy atom. The molecule has 7 nitrogen and oxygen atoms in total. The van der Waals surface area contributed by atoms with Crippen molar-refractivity contribution in [3.05, 3.63) is 28.3 Å². The van der Waals surface area contributed by atoms with E-state index in [9.17, 15) is 20.3 Å². The number of hydrogen-bond donors (Lipinski definition) is 4. The van der Waals surface area contributed by atoms with Gasteiger partial charge in [-0.15, -0.1) is 0 Å². The highest BCUT2D eigenvalue weighted by Crippen LogP contribution is 2.27. The molecule has 7 heteroatoms. The minimum absolute atomic E-state index is 0.0332. The Labute approximate surface area is 104 Å². The van der Waals surface area contributed by atoms with Crippen molar-refractivity contribution in [1.82, 2.24) is 0 Å². The lowest BCUT2D eigenvalue weighted by molar-refractivity contribution is -0.383. The number of nitro benzene ring substituents is 1. The molecule has 0 radical (unpaired) electrons. The van der Waals surface area contributed by atoms with E-state index in [1.807, 2.05) is 6.92 Å². The largest absolute Gasteiger partial charge is 0.394 e. The summed E-state index contributed by atoms with van der Waals surface area (Å²) in [4.78, 5) is 10.0. The van der Waals surface area contributed by atoms with Gasteiger partial charge in [0.25, 0.3) is 5.69 Å². The van der Waals surface area contributed by atoms with Gasteiger partial charge in [-0.3, -0.25) is 10.1 Å². The van der Waals surface area contributed by atoms with Crippen molar-refractivity contribution in [3.8, 4) is 0 Å². The van der Waals surface area contributed by atoms with Crippen LogP contribution in [0.1, 0.15) is 13.3 Å². The summed E-state index contributed by atoms with van der Waals surface area (Å²) in [6, 6.07) is 4.19. The number of nitro groups is 1. The number of nitrogen functional groups attached to an aromatic ring is 1. The van der Waals surface area contributed by atoms with Crippen molar-refractivity contribution in [2.75, 3.05) is 24.3 Å². The number of benzene rings is 1. The van der Waals surface area contributed by atoms with Crippen LogP contribution in [0.4, 0.5) is 17.1 Å². The molecule has 0 saturated heterocycles. The average Bonchev–Trinajstić information content (AvgIpc) is 2.36. The summed E-state index contributed by atoms with van der Waals surface area (Å²) in [5.74, 6) is 0. The van der Waals surface area contributed by atoms with Crippen LogP contribution in [0.15, 0.2) is 18.2 Å². The number of rotatable bonds is 6. The van der Waals surface area contributed by atoms with E-state index in [2.05, 4.69) is 5.32 Å². The van der Waals surface area contributed by atoms with Crippen LogP contribution in [0.3, 0.4) is 0 Å². The normalized spacial score (nSPS) is 11.3. The highest BCUT2D eigenvalue weighted by molar-refractivity contribution is 5.66. The van der Waals surface area contributed by atoms with Gasteiger partial charge < -0.3 is 21.3 Å². The van der Waals surface area contributed by atoms with E-state index < -0.39 is 10.5 Å². The first-order valence-electron chi connectivity index (χ1n) is 5.52. The lowest BCUT2D eigenvalue weighted by atomic mass is 9.98. The molecule has 0 aromatic heterocycles. The Kier molecular flexibility index (Phi) is 4.46. The molecule has 0 aliphatic rings. The maximum Gasteiger partial charge on any atom is 0.292 e. The van der Waals surface area contributed by atoms with Crippen LogP contribution in [0.2, 0.25) is 0 Å². The maximum absolute atomic E-state index is 10.6. The van der Waals surface area contributed by atoms with Gasteiger partial charge in [0.2, 0.25) is 0 Å². The van der Waals surface area contributed by atoms with Crippen LogP contribution < -0.4 is 11.1 Å². The molecule has 0 atom stereocenters. The van der Waals surface area contributed by atoms with Gasteiger partial charge in [-0.25, -0.2) is 0 Å². The fraction of sp³-hybridized carbons (Fsp3) is 0.455. The molecule has 18 heavy (non-hydrogen) atoms. The van der Waals surface area contributed by atoms with Crippen LogP contribution in [0.5, 0.6) is 0 Å². The van der Waals surface area contributed by atoms with Crippen molar-refractivity contribution in [2.45, 2.75) is 18.9 Å². The van der Waals surface area contributed by atoms with Crippen molar-refractivity contribution >= 4 is 17.1 Å². The van der Waals surface area contributed by atoms with Crippen LogP contribution in [-0.4, -0.2) is 33.9 Å². The third-order valence-corrected chi connectivity index (χ3v) is 2.92. The molecule has 100 valence electrons. The van der Waals surface area contributed by atoms with Gasteiger partial charge in [0, 0.05) is 11.8 Å². The first-order valence-corrected chi connectivity index (χ1v) is 5.52. The number of nitrogens with zero attached hydrogens (tertiary/aromatic N) is 1. The van der Waals surface area contributed by atoms with Gasteiger partial charge in [-0.05, 0) is 18.6 Å². The van der Waals surface area contributed by atoms with Gasteiger partial charge in [-0.1, -0.05) is 6.92 Å². The number of aliphatic hydroxyl groups is 2. The van der Waals surface area contributed by atoms with E-state index in [0.29, 0.717) is 12.1 Å². The van der Waals surface area contributed by atoms with Crippen molar-refractivity contribution < 1.29 is 15.1 Å². The summed E-state index contributed by atoms with van der Waals surface area (Å²) in [6.45, 7) is 1.31. The zero-order valence-corrected chi connectivity index (χ0v) is 10.1. The summed E-state index contributed by atoms with van der Waals surface area (Å²) < 4.78 is 0. The Balaban J connectivity index is 2.98. The highest BCUT2D eigenvalue weighted by Gasteiger charge is 2.26. The fourth-order valence-corrected chi connectivity index (χ4v) is 1.55. The van der Waals surface area contributed by atoms with E-state index >= 15 is 0 Å². The third kappa shape index (κ3) is 2.88. The van der Waals surface area contributed by atoms with E-state index in [4.69, 9.17) is 5.73 Å². The van der Waals surface area contributed by atoms with E-state index in [1.165, 1.54) is 18.2 Å². The number of hydrogen-bond acceptors (Lipinski definition) is 6. The summed E-state index contributed by atoms with van der Waals surface area (Å²) in [5.41, 5.74) is 5.08. The Morgan fingerprint density at radius 2 is 2.06 bits per heavy atom. The first kappa shape index (κ1) is 14.2. The molecule has 1 aromatic carbocycles. The standard InChI is InChI=1S/C11H17N3O4/c1-2-11(6-15,7-16)13-8-3-4-10(14(17)18)9(12)5-8/h3-5,13,15-16H,2,6-7,12H2,1H3. The van der Waals surface area contributed by atoms with Crippen LogP contribution >= 0.6 is 0 Å². The van der Waals surface area contributed by atoms with Gasteiger partial charge in [-0.2, -0.15) is 0 Å². The molecular formula is C11H17N3O4. The van der Waals surface area contributed by atoms with Crippen molar-refractivity contribution in [2.24, 2.45) is 0 Å². The molecule has 0 spiro atoms. The number of aliphatic hydroxyl groups excluding tert-OH is 2. The zero-order valence-electron chi connectivity index (χ0n) is 10.1. The Bertz CT molecular complexity index is 424. The lowest BCUT2D eigenvalue weighted by Gasteiger charge is -2.30. The van der Waals surface area contributed by atoms with E-state index in [0.717, 1.165) is 0 Å². The number of nitrogens with one attached hydrogen (secondary N) is 1. The first-order chi connectivity index (χ1) is 8.48. The smallest absolute Gasteiger partial charge is 0.292 e. The van der Waals surface area contributed by atoms with Crippen LogP contribution in [-0.2, 0) is 0 Å². The van der Waals surface area contributed by atoms with Gasteiger partial charge in [0.15, 0.2) is 0 Å². The molecule has 5 N–H and O–H groups in total. The molecule has 0 aliphatic heterocycles.